The third-order valence-corrected chi connectivity index (χ3v) is 1.49. The predicted molar refractivity (Wildman–Crippen MR) is 55.0 cm³/mol. The largest absolute Gasteiger partial charge is 0.311 e. The van der Waals surface area contributed by atoms with Crippen molar-refractivity contribution in [1.29, 1.82) is 0 Å². The molecule has 1 N–H and O–H groups in total. The van der Waals surface area contributed by atoms with Crippen LogP contribution in [0.15, 0.2) is 11.6 Å². The zero-order chi connectivity index (χ0) is 9.40. The van der Waals surface area contributed by atoms with Crippen LogP contribution in [0.2, 0.25) is 0 Å². The van der Waals surface area contributed by atoms with Gasteiger partial charge in [0.05, 0.1) is 0 Å². The van der Waals surface area contributed by atoms with Crippen molar-refractivity contribution in [2.24, 2.45) is 0 Å². The van der Waals surface area contributed by atoms with E-state index >= 15 is 0 Å². The van der Waals surface area contributed by atoms with Gasteiger partial charge in [-0.1, -0.05) is 31.8 Å². The Bertz CT molecular complexity index is 193. The zero-order valence-corrected chi connectivity index (χ0v) is 8.57. The third-order valence-electron chi connectivity index (χ3n) is 1.49. The highest BCUT2D eigenvalue weighted by Gasteiger charge is 1.92. The van der Waals surface area contributed by atoms with Gasteiger partial charge in [-0.2, -0.15) is 0 Å². The van der Waals surface area contributed by atoms with E-state index in [9.17, 15) is 0 Å². The summed E-state index contributed by atoms with van der Waals surface area (Å²) in [7, 11) is 0. The molecule has 12 heavy (non-hydrogen) atoms. The fourth-order valence-corrected chi connectivity index (χ4v) is 1.03. The highest BCUT2D eigenvalue weighted by molar-refractivity contribution is 5.27. The van der Waals surface area contributed by atoms with Crippen molar-refractivity contribution in [1.82, 2.24) is 5.32 Å². The maximum absolute atomic E-state index is 3.31. The Balaban J connectivity index is 3.97. The summed E-state index contributed by atoms with van der Waals surface area (Å²) in [6.07, 6.45) is 3.09. The zero-order valence-electron chi connectivity index (χ0n) is 8.57. The number of allylic oxidation sites excluding steroid dienone is 1. The molecule has 0 aromatic carbocycles. The average Bonchev–Trinajstić information content (AvgIpc) is 2.01. The molecular formula is C11H19N. The Kier molecular flexibility index (Phi) is 6.51. The maximum Gasteiger partial charge on any atom is 0.0233 e. The van der Waals surface area contributed by atoms with Gasteiger partial charge in [-0.3, -0.25) is 0 Å². The number of likely N-dealkylation sites (N-methyl/N-ethyl adjacent to an activating group) is 1. The van der Waals surface area contributed by atoms with E-state index in [4.69, 9.17) is 0 Å². The fraction of sp³-hybridized carbons (Fsp3) is 0.636. The van der Waals surface area contributed by atoms with E-state index < -0.39 is 0 Å². The molecule has 68 valence electrons. The van der Waals surface area contributed by atoms with Crippen LogP contribution in [0, 0.1) is 11.8 Å². The van der Waals surface area contributed by atoms with E-state index in [0.717, 1.165) is 18.5 Å². The predicted octanol–water partition coefficient (Wildman–Crippen LogP) is 2.34. The molecule has 1 heteroatoms. The van der Waals surface area contributed by atoms with Crippen LogP contribution < -0.4 is 5.32 Å². The Morgan fingerprint density at radius 3 is 2.67 bits per heavy atom. The van der Waals surface area contributed by atoms with Crippen LogP contribution in [-0.2, 0) is 0 Å². The lowest BCUT2D eigenvalue weighted by Gasteiger charge is -2.05. The van der Waals surface area contributed by atoms with Gasteiger partial charge in [-0.15, -0.1) is 0 Å². The van der Waals surface area contributed by atoms with Crippen LogP contribution in [0.3, 0.4) is 0 Å². The number of rotatable bonds is 3. The molecule has 1 unspecified atom stereocenters. The lowest BCUT2D eigenvalue weighted by Crippen LogP contribution is -2.23. The highest BCUT2D eigenvalue weighted by atomic mass is 14.9. The second kappa shape index (κ2) is 6.94. The molecule has 0 bridgehead atoms. The van der Waals surface area contributed by atoms with Crippen LogP contribution >= 0.6 is 0 Å². The van der Waals surface area contributed by atoms with Crippen molar-refractivity contribution in [2.45, 2.75) is 40.2 Å². The van der Waals surface area contributed by atoms with E-state index in [1.54, 1.807) is 0 Å². The van der Waals surface area contributed by atoms with Crippen molar-refractivity contribution in [3.63, 3.8) is 0 Å². The van der Waals surface area contributed by atoms with Gasteiger partial charge in [0.2, 0.25) is 0 Å². The molecule has 0 aromatic rings. The van der Waals surface area contributed by atoms with Crippen molar-refractivity contribution in [3.8, 4) is 11.8 Å². The van der Waals surface area contributed by atoms with Gasteiger partial charge in [-0.25, -0.2) is 0 Å². The lowest BCUT2D eigenvalue weighted by atomic mass is 10.2. The van der Waals surface area contributed by atoms with E-state index in [1.807, 2.05) is 0 Å². The van der Waals surface area contributed by atoms with Crippen LogP contribution in [-0.4, -0.2) is 12.6 Å². The molecule has 0 aliphatic carbocycles. The molecule has 1 atom stereocenters. The molecule has 0 radical (unpaired) electrons. The Morgan fingerprint density at radius 1 is 1.50 bits per heavy atom. The van der Waals surface area contributed by atoms with Crippen molar-refractivity contribution in [3.05, 3.63) is 11.6 Å². The SMILES string of the molecule is CCC#C/C(C)=C\C(C)NCC. The molecule has 0 saturated heterocycles. The summed E-state index contributed by atoms with van der Waals surface area (Å²) in [4.78, 5) is 0. The second-order valence-corrected chi connectivity index (χ2v) is 2.85. The van der Waals surface area contributed by atoms with E-state index in [0.29, 0.717) is 6.04 Å². The lowest BCUT2D eigenvalue weighted by molar-refractivity contribution is 0.659. The maximum atomic E-state index is 3.31. The van der Waals surface area contributed by atoms with Crippen molar-refractivity contribution < 1.29 is 0 Å². The Morgan fingerprint density at radius 2 is 2.17 bits per heavy atom. The summed E-state index contributed by atoms with van der Waals surface area (Å²) < 4.78 is 0. The summed E-state index contributed by atoms with van der Waals surface area (Å²) in [6.45, 7) is 9.37. The van der Waals surface area contributed by atoms with Crippen LogP contribution in [0.5, 0.6) is 0 Å². The Hall–Kier alpha value is -0.740. The van der Waals surface area contributed by atoms with Gasteiger partial charge in [0.1, 0.15) is 0 Å². The van der Waals surface area contributed by atoms with Gasteiger partial charge in [0.15, 0.2) is 0 Å². The smallest absolute Gasteiger partial charge is 0.0233 e. The molecule has 0 heterocycles. The van der Waals surface area contributed by atoms with E-state index in [1.165, 1.54) is 0 Å². The normalized spacial score (nSPS) is 13.5. The van der Waals surface area contributed by atoms with E-state index in [2.05, 4.69) is 50.9 Å². The quantitative estimate of drug-likeness (QED) is 0.633. The fourth-order valence-electron chi connectivity index (χ4n) is 1.03. The minimum atomic E-state index is 0.432. The summed E-state index contributed by atoms with van der Waals surface area (Å²) in [5, 5.41) is 3.31. The molecule has 1 nitrogen and oxygen atoms in total. The molecule has 0 saturated carbocycles. The van der Waals surface area contributed by atoms with Crippen molar-refractivity contribution >= 4 is 0 Å². The number of nitrogens with one attached hydrogen (secondary N) is 1. The standard InChI is InChI=1S/C11H19N/c1-5-7-8-10(3)9-11(4)12-6-2/h9,11-12H,5-6H2,1-4H3/b10-9-. The molecule has 0 amide bonds. The monoisotopic (exact) mass is 165 g/mol. The summed E-state index contributed by atoms with van der Waals surface area (Å²) >= 11 is 0. The van der Waals surface area contributed by atoms with Gasteiger partial charge in [-0.05, 0) is 26.0 Å². The molecule has 0 aromatic heterocycles. The second-order valence-electron chi connectivity index (χ2n) is 2.85. The summed E-state index contributed by atoms with van der Waals surface area (Å²) in [5.41, 5.74) is 1.16. The first-order chi connectivity index (χ1) is 5.70. The van der Waals surface area contributed by atoms with Gasteiger partial charge in [0.25, 0.3) is 0 Å². The van der Waals surface area contributed by atoms with Crippen molar-refractivity contribution in [2.75, 3.05) is 6.54 Å². The van der Waals surface area contributed by atoms with Crippen LogP contribution in [0.25, 0.3) is 0 Å². The van der Waals surface area contributed by atoms with Crippen LogP contribution in [0.4, 0.5) is 0 Å². The third kappa shape index (κ3) is 6.00. The minimum absolute atomic E-state index is 0.432. The Labute approximate surface area is 76.2 Å². The summed E-state index contributed by atoms with van der Waals surface area (Å²) in [5.74, 6) is 6.14. The van der Waals surface area contributed by atoms with E-state index in [-0.39, 0.29) is 0 Å². The number of hydrogen-bond donors (Lipinski definition) is 1. The first-order valence-corrected chi connectivity index (χ1v) is 4.61. The summed E-state index contributed by atoms with van der Waals surface area (Å²) in [6, 6.07) is 0.432. The first kappa shape index (κ1) is 11.3. The first-order valence-electron chi connectivity index (χ1n) is 4.61. The van der Waals surface area contributed by atoms with Crippen LogP contribution in [0.1, 0.15) is 34.1 Å². The average molecular weight is 165 g/mol. The highest BCUT2D eigenvalue weighted by Crippen LogP contribution is 1.93. The molecule has 0 fully saturated rings. The minimum Gasteiger partial charge on any atom is -0.311 e. The molecule has 0 aliphatic rings. The van der Waals surface area contributed by atoms with Gasteiger partial charge in [0, 0.05) is 12.5 Å². The van der Waals surface area contributed by atoms with Gasteiger partial charge >= 0.3 is 0 Å². The number of hydrogen-bond acceptors (Lipinski definition) is 1. The molecule has 0 aliphatic heterocycles. The topological polar surface area (TPSA) is 12.0 Å². The molecule has 0 rings (SSSR count). The molecular weight excluding hydrogens is 146 g/mol. The van der Waals surface area contributed by atoms with Gasteiger partial charge < -0.3 is 5.32 Å². The molecule has 0 spiro atoms.